The van der Waals surface area contributed by atoms with E-state index in [9.17, 15) is 9.18 Å². The first-order valence-electron chi connectivity index (χ1n) is 9.18. The van der Waals surface area contributed by atoms with E-state index in [-0.39, 0.29) is 24.0 Å². The van der Waals surface area contributed by atoms with Crippen molar-refractivity contribution in [2.24, 2.45) is 0 Å². The molecule has 0 bridgehead atoms. The molecule has 1 saturated heterocycles. The largest absolute Gasteiger partial charge is 0.369 e. The molecule has 3 nitrogen and oxygen atoms in total. The zero-order valence-corrected chi connectivity index (χ0v) is 16.3. The molecular formula is C22H24ClFN2O. The predicted octanol–water partition coefficient (Wildman–Crippen LogP) is 4.21. The van der Waals surface area contributed by atoms with Crippen molar-refractivity contribution in [3.05, 3.63) is 70.5 Å². The standard InChI is InChI=1S/C22H23FN2O.ClH/c1-24-10-12-25(13-11-24)19-8-9-20-16(15-19)6-7-18(22(20)26)14-17-4-2-3-5-21(17)23;/h2-5,8-9,14-15H,6-7,10-13H2,1H3;1H/b18-14+;. The van der Waals surface area contributed by atoms with Gasteiger partial charge >= 0.3 is 0 Å². The second-order valence-electron chi connectivity index (χ2n) is 7.15. The molecule has 4 rings (SSSR count). The third-order valence-electron chi connectivity index (χ3n) is 5.39. The first-order chi connectivity index (χ1) is 12.6. The third kappa shape index (κ3) is 4.07. The van der Waals surface area contributed by atoms with Crippen LogP contribution >= 0.6 is 12.4 Å². The summed E-state index contributed by atoms with van der Waals surface area (Å²) >= 11 is 0. The lowest BCUT2D eigenvalue weighted by Crippen LogP contribution is -2.44. The molecule has 0 saturated carbocycles. The van der Waals surface area contributed by atoms with Gasteiger partial charge < -0.3 is 9.80 Å². The first-order valence-corrected chi connectivity index (χ1v) is 9.18. The number of halogens is 2. The summed E-state index contributed by atoms with van der Waals surface area (Å²) in [6, 6.07) is 12.7. The van der Waals surface area contributed by atoms with E-state index in [2.05, 4.69) is 22.9 Å². The highest BCUT2D eigenvalue weighted by molar-refractivity contribution is 6.13. The van der Waals surface area contributed by atoms with Crippen molar-refractivity contribution in [3.8, 4) is 0 Å². The Labute approximate surface area is 165 Å². The topological polar surface area (TPSA) is 23.6 Å². The van der Waals surface area contributed by atoms with E-state index in [1.807, 2.05) is 12.1 Å². The Morgan fingerprint density at radius 1 is 1.00 bits per heavy atom. The molecule has 5 heteroatoms. The summed E-state index contributed by atoms with van der Waals surface area (Å²) in [6.45, 7) is 4.15. The van der Waals surface area contributed by atoms with Crippen molar-refractivity contribution in [2.75, 3.05) is 38.1 Å². The van der Waals surface area contributed by atoms with Crippen LogP contribution in [0.25, 0.3) is 6.08 Å². The first kappa shape index (κ1) is 19.6. The number of rotatable bonds is 2. The number of hydrogen-bond donors (Lipinski definition) is 0. The average molecular weight is 387 g/mol. The number of hydrogen-bond acceptors (Lipinski definition) is 3. The van der Waals surface area contributed by atoms with Gasteiger partial charge in [-0.1, -0.05) is 18.2 Å². The number of likely N-dealkylation sites (N-methyl/N-ethyl adjacent to an activating group) is 1. The lowest BCUT2D eigenvalue weighted by atomic mass is 9.85. The van der Waals surface area contributed by atoms with Gasteiger partial charge in [0.25, 0.3) is 0 Å². The van der Waals surface area contributed by atoms with E-state index in [0.29, 0.717) is 17.6 Å². The number of aryl methyl sites for hydroxylation is 1. The number of carbonyl (C=O) groups is 1. The van der Waals surface area contributed by atoms with E-state index in [1.54, 1.807) is 24.3 Å². The number of carbonyl (C=O) groups excluding carboxylic acids is 1. The predicted molar refractivity (Wildman–Crippen MR) is 110 cm³/mol. The summed E-state index contributed by atoms with van der Waals surface area (Å²) in [5.74, 6) is -0.261. The second-order valence-corrected chi connectivity index (χ2v) is 7.15. The third-order valence-corrected chi connectivity index (χ3v) is 5.39. The molecular weight excluding hydrogens is 363 g/mol. The molecule has 142 valence electrons. The highest BCUT2D eigenvalue weighted by Gasteiger charge is 2.24. The van der Waals surface area contributed by atoms with Crippen LogP contribution < -0.4 is 4.90 Å². The lowest BCUT2D eigenvalue weighted by molar-refractivity contribution is 0.102. The van der Waals surface area contributed by atoms with Gasteiger partial charge in [-0.2, -0.15) is 0 Å². The Kier molecular flexibility index (Phi) is 5.98. The van der Waals surface area contributed by atoms with Crippen LogP contribution in [-0.2, 0) is 6.42 Å². The molecule has 2 aromatic rings. The lowest BCUT2D eigenvalue weighted by Gasteiger charge is -2.34. The zero-order valence-electron chi connectivity index (χ0n) is 15.5. The Morgan fingerprint density at radius 3 is 2.48 bits per heavy atom. The minimum absolute atomic E-state index is 0. The molecule has 0 unspecified atom stereocenters. The number of piperazine rings is 1. The number of fused-ring (bicyclic) bond motifs is 1. The van der Waals surface area contributed by atoms with Gasteiger partial charge in [-0.15, -0.1) is 12.4 Å². The Bertz CT molecular complexity index is 872. The molecule has 0 N–H and O–H groups in total. The Morgan fingerprint density at radius 2 is 1.74 bits per heavy atom. The summed E-state index contributed by atoms with van der Waals surface area (Å²) in [7, 11) is 2.15. The molecule has 1 aliphatic carbocycles. The average Bonchev–Trinajstić information content (AvgIpc) is 2.66. The van der Waals surface area contributed by atoms with Gasteiger partial charge in [-0.05, 0) is 55.8 Å². The van der Waals surface area contributed by atoms with Crippen LogP contribution in [0.1, 0.15) is 27.9 Å². The van der Waals surface area contributed by atoms with Gasteiger partial charge in [-0.25, -0.2) is 4.39 Å². The van der Waals surface area contributed by atoms with E-state index in [4.69, 9.17) is 0 Å². The fourth-order valence-electron chi connectivity index (χ4n) is 3.74. The van der Waals surface area contributed by atoms with Crippen molar-refractivity contribution >= 4 is 30.0 Å². The van der Waals surface area contributed by atoms with Crippen LogP contribution in [0.15, 0.2) is 48.0 Å². The number of allylic oxidation sites excluding steroid dienone is 1. The molecule has 0 radical (unpaired) electrons. The van der Waals surface area contributed by atoms with E-state index < -0.39 is 0 Å². The van der Waals surface area contributed by atoms with Crippen molar-refractivity contribution in [2.45, 2.75) is 12.8 Å². The van der Waals surface area contributed by atoms with Crippen LogP contribution in [0.4, 0.5) is 10.1 Å². The van der Waals surface area contributed by atoms with Gasteiger partial charge in [0, 0.05) is 48.6 Å². The van der Waals surface area contributed by atoms with E-state index in [1.165, 1.54) is 11.8 Å². The Balaban J connectivity index is 0.00000210. The fraction of sp³-hybridized carbons (Fsp3) is 0.318. The van der Waals surface area contributed by atoms with Crippen molar-refractivity contribution < 1.29 is 9.18 Å². The van der Waals surface area contributed by atoms with Crippen LogP contribution in [0.5, 0.6) is 0 Å². The SMILES string of the molecule is CN1CCN(c2ccc3c(c2)CC/C(=C\c2ccccc2F)C3=O)CC1.Cl. The molecule has 1 fully saturated rings. The maximum atomic E-state index is 13.9. The smallest absolute Gasteiger partial charge is 0.189 e. The fourth-order valence-corrected chi connectivity index (χ4v) is 3.74. The summed E-state index contributed by atoms with van der Waals surface area (Å²) in [5, 5.41) is 0. The quantitative estimate of drug-likeness (QED) is 0.722. The molecule has 2 aromatic carbocycles. The number of nitrogens with zero attached hydrogens (tertiary/aromatic N) is 2. The summed E-state index contributed by atoms with van der Waals surface area (Å²) in [4.78, 5) is 17.6. The number of benzene rings is 2. The van der Waals surface area contributed by atoms with Gasteiger partial charge in [0.2, 0.25) is 0 Å². The maximum absolute atomic E-state index is 13.9. The summed E-state index contributed by atoms with van der Waals surface area (Å²) in [5.41, 5.74) is 4.24. The Hall–Kier alpha value is -2.17. The molecule has 1 heterocycles. The minimum atomic E-state index is -0.288. The second kappa shape index (κ2) is 8.24. The highest BCUT2D eigenvalue weighted by Crippen LogP contribution is 2.30. The summed E-state index contributed by atoms with van der Waals surface area (Å²) < 4.78 is 13.9. The van der Waals surface area contributed by atoms with E-state index >= 15 is 0 Å². The molecule has 0 aromatic heterocycles. The highest BCUT2D eigenvalue weighted by atomic mass is 35.5. The molecule has 0 spiro atoms. The molecule has 0 atom stereocenters. The zero-order chi connectivity index (χ0) is 18.1. The monoisotopic (exact) mass is 386 g/mol. The van der Waals surface area contributed by atoms with Crippen LogP contribution in [0.3, 0.4) is 0 Å². The maximum Gasteiger partial charge on any atom is 0.189 e. The van der Waals surface area contributed by atoms with Gasteiger partial charge in [-0.3, -0.25) is 4.79 Å². The van der Waals surface area contributed by atoms with Crippen molar-refractivity contribution in [3.63, 3.8) is 0 Å². The molecule has 0 amide bonds. The number of Topliss-reactive ketones (excluding diaryl/α,β-unsaturated/α-hetero) is 1. The number of ketones is 1. The van der Waals surface area contributed by atoms with Gasteiger partial charge in [0.15, 0.2) is 5.78 Å². The van der Waals surface area contributed by atoms with Crippen molar-refractivity contribution in [1.29, 1.82) is 0 Å². The molecule has 27 heavy (non-hydrogen) atoms. The summed E-state index contributed by atoms with van der Waals surface area (Å²) in [6.07, 6.45) is 3.18. The van der Waals surface area contributed by atoms with Gasteiger partial charge in [0.05, 0.1) is 0 Å². The van der Waals surface area contributed by atoms with Crippen LogP contribution in [0.2, 0.25) is 0 Å². The van der Waals surface area contributed by atoms with Crippen molar-refractivity contribution in [1.82, 2.24) is 4.90 Å². The van der Waals surface area contributed by atoms with Gasteiger partial charge in [0.1, 0.15) is 5.82 Å². The number of anilines is 1. The normalized spacial score (nSPS) is 19.0. The van der Waals surface area contributed by atoms with Crippen LogP contribution in [0, 0.1) is 5.82 Å². The van der Waals surface area contributed by atoms with Crippen LogP contribution in [-0.4, -0.2) is 43.9 Å². The van der Waals surface area contributed by atoms with E-state index in [0.717, 1.165) is 43.7 Å². The minimum Gasteiger partial charge on any atom is -0.369 e. The molecule has 2 aliphatic rings. The molecule has 1 aliphatic heterocycles.